The second-order valence-electron chi connectivity index (χ2n) is 7.17. The predicted octanol–water partition coefficient (Wildman–Crippen LogP) is 2.59. The number of sulfonamides is 1. The second-order valence-corrected chi connectivity index (χ2v) is 9.14. The van der Waals surface area contributed by atoms with E-state index >= 15 is 0 Å². The Bertz CT molecular complexity index is 1040. The van der Waals surface area contributed by atoms with E-state index in [1.54, 1.807) is 49.4 Å². The van der Waals surface area contributed by atoms with Crippen LogP contribution in [0.15, 0.2) is 42.5 Å². The van der Waals surface area contributed by atoms with E-state index < -0.39 is 16.0 Å². The summed E-state index contributed by atoms with van der Waals surface area (Å²) in [6.07, 6.45) is 0. The van der Waals surface area contributed by atoms with Crippen molar-refractivity contribution in [2.45, 2.75) is 19.6 Å². The SMILES string of the molecule is CCOC(=O)c1ccc(C)c(NC(=O)c2ccc(CS(=O)(=O)N3CCOCC3)cc2)c1. The Morgan fingerprint density at radius 3 is 2.35 bits per heavy atom. The maximum Gasteiger partial charge on any atom is 0.338 e. The van der Waals surface area contributed by atoms with Gasteiger partial charge in [-0.05, 0) is 49.2 Å². The molecule has 0 aromatic heterocycles. The van der Waals surface area contributed by atoms with Crippen LogP contribution in [-0.4, -0.2) is 57.5 Å². The van der Waals surface area contributed by atoms with Gasteiger partial charge < -0.3 is 14.8 Å². The average molecular weight is 447 g/mol. The van der Waals surface area contributed by atoms with E-state index in [0.717, 1.165) is 5.56 Å². The fraction of sp³-hybridized carbons (Fsp3) is 0.364. The Morgan fingerprint density at radius 2 is 1.71 bits per heavy atom. The molecule has 0 bridgehead atoms. The number of hydrogen-bond donors (Lipinski definition) is 1. The molecule has 0 saturated carbocycles. The number of benzene rings is 2. The van der Waals surface area contributed by atoms with E-state index in [4.69, 9.17) is 9.47 Å². The largest absolute Gasteiger partial charge is 0.462 e. The van der Waals surface area contributed by atoms with Crippen LogP contribution in [0.5, 0.6) is 0 Å². The smallest absolute Gasteiger partial charge is 0.338 e. The van der Waals surface area contributed by atoms with Gasteiger partial charge in [0.15, 0.2) is 0 Å². The number of rotatable bonds is 7. The Labute approximate surface area is 182 Å². The van der Waals surface area contributed by atoms with Crippen LogP contribution in [0.3, 0.4) is 0 Å². The van der Waals surface area contributed by atoms with Crippen LogP contribution < -0.4 is 5.32 Å². The van der Waals surface area contributed by atoms with Gasteiger partial charge in [-0.1, -0.05) is 18.2 Å². The van der Waals surface area contributed by atoms with Crippen molar-refractivity contribution >= 4 is 27.6 Å². The molecule has 0 radical (unpaired) electrons. The fourth-order valence-corrected chi connectivity index (χ4v) is 4.67. The number of amides is 1. The number of aryl methyl sites for hydroxylation is 1. The molecule has 2 aromatic rings. The summed E-state index contributed by atoms with van der Waals surface area (Å²) in [7, 11) is -3.43. The number of anilines is 1. The van der Waals surface area contributed by atoms with Crippen molar-refractivity contribution in [2.75, 3.05) is 38.2 Å². The summed E-state index contributed by atoms with van der Waals surface area (Å²) in [6.45, 7) is 5.32. The first-order chi connectivity index (χ1) is 14.8. The highest BCUT2D eigenvalue weighted by molar-refractivity contribution is 7.88. The minimum atomic E-state index is -3.43. The summed E-state index contributed by atoms with van der Waals surface area (Å²) in [6, 6.07) is 11.4. The highest BCUT2D eigenvalue weighted by atomic mass is 32.2. The lowest BCUT2D eigenvalue weighted by molar-refractivity contribution is 0.0526. The summed E-state index contributed by atoms with van der Waals surface area (Å²) in [5.74, 6) is -0.939. The van der Waals surface area contributed by atoms with Crippen molar-refractivity contribution in [1.82, 2.24) is 4.31 Å². The van der Waals surface area contributed by atoms with Crippen LogP contribution in [0, 0.1) is 6.92 Å². The molecule has 0 spiro atoms. The van der Waals surface area contributed by atoms with Gasteiger partial charge in [0.05, 0.1) is 31.1 Å². The van der Waals surface area contributed by atoms with Crippen LogP contribution in [-0.2, 0) is 25.2 Å². The number of carbonyl (C=O) groups excluding carboxylic acids is 2. The molecule has 1 amide bonds. The molecule has 0 atom stereocenters. The number of carbonyl (C=O) groups is 2. The van der Waals surface area contributed by atoms with Crippen LogP contribution in [0.4, 0.5) is 5.69 Å². The van der Waals surface area contributed by atoms with Gasteiger partial charge >= 0.3 is 5.97 Å². The minimum Gasteiger partial charge on any atom is -0.462 e. The molecule has 1 heterocycles. The quantitative estimate of drug-likeness (QED) is 0.656. The number of esters is 1. The molecule has 1 aliphatic heterocycles. The molecule has 1 saturated heterocycles. The highest BCUT2D eigenvalue weighted by Crippen LogP contribution is 2.19. The lowest BCUT2D eigenvalue weighted by Gasteiger charge is -2.26. The number of ether oxygens (including phenoxy) is 2. The average Bonchev–Trinajstić information content (AvgIpc) is 2.76. The normalized spacial score (nSPS) is 14.8. The van der Waals surface area contributed by atoms with Gasteiger partial charge in [-0.2, -0.15) is 4.31 Å². The van der Waals surface area contributed by atoms with Crippen LogP contribution in [0.25, 0.3) is 0 Å². The van der Waals surface area contributed by atoms with Gasteiger partial charge in [-0.15, -0.1) is 0 Å². The van der Waals surface area contributed by atoms with E-state index in [0.29, 0.717) is 48.7 Å². The molecule has 166 valence electrons. The number of nitrogens with one attached hydrogen (secondary N) is 1. The van der Waals surface area contributed by atoms with Gasteiger partial charge in [0.2, 0.25) is 10.0 Å². The topological polar surface area (TPSA) is 102 Å². The van der Waals surface area contributed by atoms with Gasteiger partial charge in [-0.25, -0.2) is 13.2 Å². The third-order valence-corrected chi connectivity index (χ3v) is 6.78. The molecule has 9 heteroatoms. The molecule has 31 heavy (non-hydrogen) atoms. The van der Waals surface area contributed by atoms with E-state index in [1.165, 1.54) is 4.31 Å². The fourth-order valence-electron chi connectivity index (χ4n) is 3.17. The summed E-state index contributed by atoms with van der Waals surface area (Å²) < 4.78 is 36.7. The molecule has 1 aliphatic rings. The van der Waals surface area contributed by atoms with Crippen molar-refractivity contribution in [2.24, 2.45) is 0 Å². The molecular formula is C22H26N2O6S. The minimum absolute atomic E-state index is 0.129. The maximum atomic E-state index is 12.6. The van der Waals surface area contributed by atoms with E-state index in [-0.39, 0.29) is 18.3 Å². The van der Waals surface area contributed by atoms with Crippen molar-refractivity contribution < 1.29 is 27.5 Å². The van der Waals surface area contributed by atoms with Crippen LogP contribution >= 0.6 is 0 Å². The molecule has 2 aromatic carbocycles. The maximum absolute atomic E-state index is 12.6. The van der Waals surface area contributed by atoms with Crippen molar-refractivity contribution in [3.63, 3.8) is 0 Å². The van der Waals surface area contributed by atoms with E-state index in [9.17, 15) is 18.0 Å². The zero-order valence-electron chi connectivity index (χ0n) is 17.6. The molecule has 1 N–H and O–H groups in total. The number of morpholine rings is 1. The van der Waals surface area contributed by atoms with Crippen LogP contribution in [0.1, 0.15) is 38.8 Å². The van der Waals surface area contributed by atoms with Crippen LogP contribution in [0.2, 0.25) is 0 Å². The van der Waals surface area contributed by atoms with Gasteiger partial charge in [0, 0.05) is 24.3 Å². The molecule has 0 unspecified atom stereocenters. The van der Waals surface area contributed by atoms with Gasteiger partial charge in [-0.3, -0.25) is 4.79 Å². The first kappa shape index (κ1) is 22.9. The van der Waals surface area contributed by atoms with Crippen molar-refractivity contribution in [3.05, 3.63) is 64.7 Å². The third kappa shape index (κ3) is 5.90. The summed E-state index contributed by atoms with van der Waals surface area (Å²) in [5, 5.41) is 2.80. The lowest BCUT2D eigenvalue weighted by atomic mass is 10.1. The zero-order chi connectivity index (χ0) is 22.4. The number of hydrogen-bond acceptors (Lipinski definition) is 6. The third-order valence-electron chi connectivity index (χ3n) is 4.93. The Balaban J connectivity index is 1.68. The standard InChI is InChI=1S/C22H26N2O6S/c1-3-30-22(26)19-7-4-16(2)20(14-19)23-21(25)18-8-5-17(6-9-18)15-31(27,28)24-10-12-29-13-11-24/h4-9,14H,3,10-13,15H2,1-2H3,(H,23,25). The zero-order valence-corrected chi connectivity index (χ0v) is 18.4. The lowest BCUT2D eigenvalue weighted by Crippen LogP contribution is -2.41. The van der Waals surface area contributed by atoms with Gasteiger partial charge in [0.1, 0.15) is 0 Å². The van der Waals surface area contributed by atoms with E-state index in [1.807, 2.05) is 6.92 Å². The predicted molar refractivity (Wildman–Crippen MR) is 117 cm³/mol. The Morgan fingerprint density at radius 1 is 1.06 bits per heavy atom. The van der Waals surface area contributed by atoms with Crippen molar-refractivity contribution in [1.29, 1.82) is 0 Å². The molecular weight excluding hydrogens is 420 g/mol. The first-order valence-corrected chi connectivity index (χ1v) is 11.6. The monoisotopic (exact) mass is 446 g/mol. The molecule has 0 aliphatic carbocycles. The highest BCUT2D eigenvalue weighted by Gasteiger charge is 2.24. The molecule has 1 fully saturated rings. The molecule has 8 nitrogen and oxygen atoms in total. The summed E-state index contributed by atoms with van der Waals surface area (Å²) in [4.78, 5) is 24.6. The first-order valence-electron chi connectivity index (χ1n) is 10.0. The molecule has 3 rings (SSSR count). The summed E-state index contributed by atoms with van der Waals surface area (Å²) >= 11 is 0. The van der Waals surface area contributed by atoms with Crippen molar-refractivity contribution in [3.8, 4) is 0 Å². The second kappa shape index (κ2) is 10.0. The number of nitrogens with zero attached hydrogens (tertiary/aromatic N) is 1. The Hall–Kier alpha value is -2.75. The van der Waals surface area contributed by atoms with E-state index in [2.05, 4.69) is 5.32 Å². The Kier molecular flexibility index (Phi) is 7.42. The van der Waals surface area contributed by atoms with Gasteiger partial charge in [0.25, 0.3) is 5.91 Å². The summed E-state index contributed by atoms with van der Waals surface area (Å²) in [5.41, 5.74) is 2.65.